The van der Waals surface area contributed by atoms with Gasteiger partial charge in [0.05, 0.1) is 13.1 Å². The van der Waals surface area contributed by atoms with Crippen LogP contribution in [0.3, 0.4) is 0 Å². The van der Waals surface area contributed by atoms with Gasteiger partial charge in [-0.3, -0.25) is 19.4 Å². The maximum Gasteiger partial charge on any atom is 0.239 e. The predicted molar refractivity (Wildman–Crippen MR) is 91.2 cm³/mol. The van der Waals surface area contributed by atoms with Crippen molar-refractivity contribution in [2.24, 2.45) is 0 Å². The Hall–Kier alpha value is -1.14. The first-order valence-corrected chi connectivity index (χ1v) is 9.07. The van der Waals surface area contributed by atoms with Gasteiger partial charge in [-0.15, -0.1) is 0 Å². The molecule has 0 bridgehead atoms. The third kappa shape index (κ3) is 5.77. The lowest BCUT2D eigenvalue weighted by molar-refractivity contribution is -0.136. The largest absolute Gasteiger partial charge is 0.355 e. The molecule has 0 aromatic rings. The Morgan fingerprint density at radius 3 is 2.39 bits per heavy atom. The number of piperazine rings is 1. The van der Waals surface area contributed by atoms with Crippen molar-refractivity contribution in [3.05, 3.63) is 0 Å². The fourth-order valence-electron chi connectivity index (χ4n) is 3.49. The minimum Gasteiger partial charge on any atom is -0.355 e. The second-order valence-corrected chi connectivity index (χ2v) is 6.85. The van der Waals surface area contributed by atoms with Crippen molar-refractivity contribution in [2.45, 2.75) is 45.1 Å². The van der Waals surface area contributed by atoms with Crippen molar-refractivity contribution in [3.63, 3.8) is 0 Å². The molecule has 1 heterocycles. The van der Waals surface area contributed by atoms with Crippen LogP contribution in [0.2, 0.25) is 0 Å². The molecule has 0 aromatic heterocycles. The molecule has 1 N–H and O–H groups in total. The van der Waals surface area contributed by atoms with Gasteiger partial charge in [-0.05, 0) is 19.3 Å². The van der Waals surface area contributed by atoms with Gasteiger partial charge in [0.15, 0.2) is 0 Å². The second-order valence-electron chi connectivity index (χ2n) is 6.85. The first-order chi connectivity index (χ1) is 11.1. The Kier molecular flexibility index (Phi) is 7.30. The van der Waals surface area contributed by atoms with Gasteiger partial charge in [0.2, 0.25) is 11.8 Å². The maximum absolute atomic E-state index is 12.2. The Labute approximate surface area is 140 Å². The van der Waals surface area contributed by atoms with Crippen LogP contribution in [0, 0.1) is 0 Å². The van der Waals surface area contributed by atoms with Gasteiger partial charge in [0.25, 0.3) is 0 Å². The highest BCUT2D eigenvalue weighted by Crippen LogP contribution is 2.24. The zero-order valence-electron chi connectivity index (χ0n) is 14.7. The minimum absolute atomic E-state index is 0.0333. The summed E-state index contributed by atoms with van der Waals surface area (Å²) in [5, 5.41) is 2.81. The normalized spacial score (nSPS) is 20.6. The first-order valence-electron chi connectivity index (χ1n) is 9.07. The molecule has 0 aromatic carbocycles. The van der Waals surface area contributed by atoms with Crippen molar-refractivity contribution in [2.75, 3.05) is 52.9 Å². The molecule has 2 amide bonds. The average Bonchev–Trinajstić information content (AvgIpc) is 3.08. The van der Waals surface area contributed by atoms with E-state index >= 15 is 0 Å². The number of carbonyl (C=O) groups is 2. The van der Waals surface area contributed by atoms with Crippen molar-refractivity contribution in [1.82, 2.24) is 20.0 Å². The van der Waals surface area contributed by atoms with Crippen LogP contribution in [-0.2, 0) is 9.59 Å². The molecule has 0 spiro atoms. The lowest BCUT2D eigenvalue weighted by Gasteiger charge is -2.38. The molecule has 1 aliphatic heterocycles. The lowest BCUT2D eigenvalue weighted by Crippen LogP contribution is -2.52. The van der Waals surface area contributed by atoms with Crippen LogP contribution in [0.15, 0.2) is 0 Å². The molecule has 2 aliphatic rings. The minimum atomic E-state index is -0.0752. The highest BCUT2D eigenvalue weighted by molar-refractivity contribution is 5.85. The molecule has 0 radical (unpaired) electrons. The summed E-state index contributed by atoms with van der Waals surface area (Å²) >= 11 is 0. The molecule has 2 fully saturated rings. The highest BCUT2D eigenvalue weighted by Gasteiger charge is 2.27. The van der Waals surface area contributed by atoms with Crippen LogP contribution >= 0.6 is 0 Å². The van der Waals surface area contributed by atoms with E-state index in [0.717, 1.165) is 38.6 Å². The average molecular weight is 324 g/mol. The molecule has 6 nitrogen and oxygen atoms in total. The van der Waals surface area contributed by atoms with E-state index in [1.165, 1.54) is 30.6 Å². The van der Waals surface area contributed by atoms with Crippen LogP contribution in [0.25, 0.3) is 0 Å². The number of rotatable bonds is 7. The predicted octanol–water partition coefficient (Wildman–Crippen LogP) is 0.531. The number of hydrogen-bond donors (Lipinski definition) is 1. The molecule has 0 atom stereocenters. The van der Waals surface area contributed by atoms with Gasteiger partial charge >= 0.3 is 0 Å². The van der Waals surface area contributed by atoms with E-state index in [1.807, 2.05) is 6.92 Å². The Bertz CT molecular complexity index is 388. The number of carbonyl (C=O) groups excluding carboxylic acids is 2. The summed E-state index contributed by atoms with van der Waals surface area (Å²) in [7, 11) is 1.71. The molecular formula is C17H32N4O2. The van der Waals surface area contributed by atoms with E-state index in [1.54, 1.807) is 7.05 Å². The van der Waals surface area contributed by atoms with Gasteiger partial charge in [0.1, 0.15) is 0 Å². The van der Waals surface area contributed by atoms with E-state index in [9.17, 15) is 9.59 Å². The molecule has 2 rings (SSSR count). The fourth-order valence-corrected chi connectivity index (χ4v) is 3.49. The standard InChI is InChI=1S/C17H32N4O2/c1-3-8-18-16(22)13-19(2)17(23)14-20-9-11-21(12-10-20)15-6-4-5-7-15/h15H,3-14H2,1-2H3,(H,18,22). The molecule has 23 heavy (non-hydrogen) atoms. The summed E-state index contributed by atoms with van der Waals surface area (Å²) in [5.74, 6) is -0.0419. The van der Waals surface area contributed by atoms with Gasteiger partial charge in [0, 0.05) is 45.8 Å². The van der Waals surface area contributed by atoms with Gasteiger partial charge in [-0.25, -0.2) is 0 Å². The molecule has 1 aliphatic carbocycles. The maximum atomic E-state index is 12.2. The monoisotopic (exact) mass is 324 g/mol. The summed E-state index contributed by atoms with van der Waals surface area (Å²) in [5.41, 5.74) is 0. The molecule has 6 heteroatoms. The lowest BCUT2D eigenvalue weighted by atomic mass is 10.2. The van der Waals surface area contributed by atoms with Crippen LogP contribution in [-0.4, -0.2) is 85.4 Å². The zero-order valence-corrected chi connectivity index (χ0v) is 14.7. The van der Waals surface area contributed by atoms with Crippen molar-refractivity contribution in [3.8, 4) is 0 Å². The summed E-state index contributed by atoms with van der Waals surface area (Å²) in [4.78, 5) is 30.3. The summed E-state index contributed by atoms with van der Waals surface area (Å²) in [6, 6.07) is 0.776. The van der Waals surface area contributed by atoms with Crippen LogP contribution in [0.5, 0.6) is 0 Å². The van der Waals surface area contributed by atoms with Gasteiger partial charge in [-0.2, -0.15) is 0 Å². The number of amides is 2. The van der Waals surface area contributed by atoms with Crippen LogP contribution in [0.4, 0.5) is 0 Å². The van der Waals surface area contributed by atoms with Crippen LogP contribution in [0.1, 0.15) is 39.0 Å². The van der Waals surface area contributed by atoms with Crippen molar-refractivity contribution < 1.29 is 9.59 Å². The fraction of sp³-hybridized carbons (Fsp3) is 0.882. The molecular weight excluding hydrogens is 292 g/mol. The van der Waals surface area contributed by atoms with E-state index in [4.69, 9.17) is 0 Å². The van der Waals surface area contributed by atoms with E-state index in [2.05, 4.69) is 15.1 Å². The van der Waals surface area contributed by atoms with Crippen LogP contribution < -0.4 is 5.32 Å². The quantitative estimate of drug-likeness (QED) is 0.742. The number of nitrogens with one attached hydrogen (secondary N) is 1. The molecule has 0 unspecified atom stereocenters. The van der Waals surface area contributed by atoms with Gasteiger partial charge in [-0.1, -0.05) is 19.8 Å². The summed E-state index contributed by atoms with van der Waals surface area (Å²) in [6.45, 7) is 7.31. The van der Waals surface area contributed by atoms with E-state index in [0.29, 0.717) is 13.1 Å². The molecule has 1 saturated heterocycles. The van der Waals surface area contributed by atoms with E-state index in [-0.39, 0.29) is 18.4 Å². The third-order valence-corrected chi connectivity index (χ3v) is 4.99. The van der Waals surface area contributed by atoms with Gasteiger partial charge < -0.3 is 10.2 Å². The molecule has 132 valence electrons. The molecule has 1 saturated carbocycles. The second kappa shape index (κ2) is 9.23. The number of nitrogens with zero attached hydrogens (tertiary/aromatic N) is 3. The summed E-state index contributed by atoms with van der Waals surface area (Å²) in [6.07, 6.45) is 6.33. The zero-order chi connectivity index (χ0) is 16.7. The Morgan fingerprint density at radius 1 is 1.13 bits per heavy atom. The number of hydrogen-bond acceptors (Lipinski definition) is 4. The SMILES string of the molecule is CCCNC(=O)CN(C)C(=O)CN1CCN(C2CCCC2)CC1. The van der Waals surface area contributed by atoms with Crippen molar-refractivity contribution in [1.29, 1.82) is 0 Å². The topological polar surface area (TPSA) is 55.9 Å². The Balaban J connectivity index is 1.66. The Morgan fingerprint density at radius 2 is 1.78 bits per heavy atom. The third-order valence-electron chi connectivity index (χ3n) is 4.99. The summed E-state index contributed by atoms with van der Waals surface area (Å²) < 4.78 is 0. The smallest absolute Gasteiger partial charge is 0.239 e. The number of likely N-dealkylation sites (N-methyl/N-ethyl adjacent to an activating group) is 1. The van der Waals surface area contributed by atoms with Crippen molar-refractivity contribution >= 4 is 11.8 Å². The highest BCUT2D eigenvalue weighted by atomic mass is 16.2. The first kappa shape index (κ1) is 18.2. The van der Waals surface area contributed by atoms with E-state index < -0.39 is 0 Å².